The second kappa shape index (κ2) is 17.9. The van der Waals surface area contributed by atoms with Crippen LogP contribution in [-0.4, -0.2) is 57.3 Å². The summed E-state index contributed by atoms with van der Waals surface area (Å²) in [7, 11) is 0. The third kappa shape index (κ3) is 13.3. The molecule has 0 amide bonds. The van der Waals surface area contributed by atoms with Gasteiger partial charge in [0.15, 0.2) is 0 Å². The first-order valence-corrected chi connectivity index (χ1v) is 12.2. The van der Waals surface area contributed by atoms with E-state index in [9.17, 15) is 0 Å². The first-order valence-electron chi connectivity index (χ1n) is 12.2. The maximum Gasteiger partial charge on any atom is 0.0234 e. The Labute approximate surface area is 190 Å². The Morgan fingerprint density at radius 1 is 0.839 bits per heavy atom. The molecule has 4 nitrogen and oxygen atoms in total. The van der Waals surface area contributed by atoms with Crippen LogP contribution in [0.25, 0.3) is 0 Å². The number of rotatable bonds is 4. The smallest absolute Gasteiger partial charge is 0.0234 e. The molecule has 4 heteroatoms. The summed E-state index contributed by atoms with van der Waals surface area (Å²) in [6, 6.07) is 10.9. The maximum atomic E-state index is 3.74. The lowest BCUT2D eigenvalue weighted by atomic mass is 9.99. The van der Waals surface area contributed by atoms with Crippen molar-refractivity contribution < 1.29 is 0 Å². The van der Waals surface area contributed by atoms with Crippen LogP contribution >= 0.6 is 0 Å². The van der Waals surface area contributed by atoms with E-state index in [0.29, 0.717) is 0 Å². The molecule has 0 radical (unpaired) electrons. The van der Waals surface area contributed by atoms with Crippen molar-refractivity contribution >= 4 is 0 Å². The summed E-state index contributed by atoms with van der Waals surface area (Å²) in [5, 5.41) is 10.8. The predicted molar refractivity (Wildman–Crippen MR) is 135 cm³/mol. The molecule has 31 heavy (non-hydrogen) atoms. The van der Waals surface area contributed by atoms with Gasteiger partial charge in [0, 0.05) is 39.3 Å². The molecule has 0 saturated heterocycles. The zero-order valence-corrected chi connectivity index (χ0v) is 19.6. The number of hydrogen-bond acceptors (Lipinski definition) is 4. The molecule has 0 aromatic heterocycles. The second-order valence-electron chi connectivity index (χ2n) is 8.41. The van der Waals surface area contributed by atoms with E-state index in [1.165, 1.54) is 24.8 Å². The van der Waals surface area contributed by atoms with Crippen LogP contribution in [0.2, 0.25) is 0 Å². The van der Waals surface area contributed by atoms with E-state index < -0.39 is 0 Å². The van der Waals surface area contributed by atoms with Crippen LogP contribution in [0.15, 0.2) is 66.8 Å². The molecule has 172 valence electrons. The SMILES string of the molecule is CCCC1C\C=C/C=C\C=C\CNCCNCCCN(Cc2ccccc2)CCNC1. The standard InChI is InChI=1S/C27H44N4/c1-2-13-26-14-8-5-3-4-6-11-17-28-19-20-29-18-12-22-31(23-21-30-24-26)25-27-15-9-7-10-16-27/h3-11,15-16,26,28-30H,2,12-14,17-25H2,1H3/b4-3-,8-5-,11-6+. The Bertz CT molecular complexity index is 623. The average Bonchev–Trinajstić information content (AvgIpc) is 2.79. The Balaban J connectivity index is 1.88. The van der Waals surface area contributed by atoms with E-state index in [-0.39, 0.29) is 0 Å². The summed E-state index contributed by atoms with van der Waals surface area (Å²) in [5.74, 6) is 0.718. The molecule has 1 heterocycles. The van der Waals surface area contributed by atoms with Gasteiger partial charge in [0.1, 0.15) is 0 Å². The summed E-state index contributed by atoms with van der Waals surface area (Å²) in [6.45, 7) is 11.7. The second-order valence-corrected chi connectivity index (χ2v) is 8.41. The highest BCUT2D eigenvalue weighted by Crippen LogP contribution is 2.11. The third-order valence-corrected chi connectivity index (χ3v) is 5.63. The number of hydrogen-bond donors (Lipinski definition) is 3. The van der Waals surface area contributed by atoms with Crippen molar-refractivity contribution in [2.75, 3.05) is 52.4 Å². The van der Waals surface area contributed by atoms with Crippen LogP contribution in [0.5, 0.6) is 0 Å². The molecule has 0 fully saturated rings. The van der Waals surface area contributed by atoms with E-state index in [4.69, 9.17) is 0 Å². The molecule has 1 atom stereocenters. The Morgan fingerprint density at radius 2 is 1.65 bits per heavy atom. The Morgan fingerprint density at radius 3 is 2.48 bits per heavy atom. The number of benzene rings is 1. The van der Waals surface area contributed by atoms with E-state index in [2.05, 4.69) is 94.6 Å². The monoisotopic (exact) mass is 424 g/mol. The minimum Gasteiger partial charge on any atom is -0.315 e. The molecule has 2 rings (SSSR count). The van der Waals surface area contributed by atoms with Crippen molar-refractivity contribution in [1.29, 1.82) is 0 Å². The molecule has 0 spiro atoms. The van der Waals surface area contributed by atoms with Crippen LogP contribution in [0.1, 0.15) is 38.2 Å². The first-order chi connectivity index (χ1) is 15.4. The lowest BCUT2D eigenvalue weighted by Gasteiger charge is -2.24. The molecule has 0 bridgehead atoms. The van der Waals surface area contributed by atoms with E-state index >= 15 is 0 Å². The van der Waals surface area contributed by atoms with Crippen LogP contribution in [0.3, 0.4) is 0 Å². The average molecular weight is 425 g/mol. The fourth-order valence-corrected chi connectivity index (χ4v) is 3.91. The van der Waals surface area contributed by atoms with Gasteiger partial charge in [-0.25, -0.2) is 0 Å². The van der Waals surface area contributed by atoms with Crippen LogP contribution in [-0.2, 0) is 6.54 Å². The molecular weight excluding hydrogens is 380 g/mol. The number of nitrogens with zero attached hydrogens (tertiary/aromatic N) is 1. The van der Waals surface area contributed by atoms with E-state index in [1.807, 2.05) is 0 Å². The normalized spacial score (nSPS) is 24.6. The van der Waals surface area contributed by atoms with Gasteiger partial charge in [-0.05, 0) is 50.4 Å². The van der Waals surface area contributed by atoms with Gasteiger partial charge >= 0.3 is 0 Å². The predicted octanol–water partition coefficient (Wildman–Crippen LogP) is 4.14. The van der Waals surface area contributed by atoms with Gasteiger partial charge in [0.25, 0.3) is 0 Å². The quantitative estimate of drug-likeness (QED) is 0.679. The zero-order chi connectivity index (χ0) is 21.8. The third-order valence-electron chi connectivity index (χ3n) is 5.63. The zero-order valence-electron chi connectivity index (χ0n) is 19.6. The van der Waals surface area contributed by atoms with E-state index in [0.717, 1.165) is 71.2 Å². The lowest BCUT2D eigenvalue weighted by molar-refractivity contribution is 0.258. The molecule has 1 unspecified atom stereocenters. The molecule has 0 saturated carbocycles. The van der Waals surface area contributed by atoms with Gasteiger partial charge in [-0.3, -0.25) is 4.90 Å². The molecule has 3 N–H and O–H groups in total. The summed E-state index contributed by atoms with van der Waals surface area (Å²) in [6.07, 6.45) is 17.9. The molecule has 1 aromatic rings. The fraction of sp³-hybridized carbons (Fsp3) is 0.556. The van der Waals surface area contributed by atoms with Crippen molar-refractivity contribution in [1.82, 2.24) is 20.9 Å². The minimum absolute atomic E-state index is 0.718. The van der Waals surface area contributed by atoms with Crippen molar-refractivity contribution in [3.63, 3.8) is 0 Å². The number of allylic oxidation sites excluding steroid dienone is 5. The lowest BCUT2D eigenvalue weighted by Crippen LogP contribution is -2.36. The highest BCUT2D eigenvalue weighted by molar-refractivity contribution is 5.14. The maximum absolute atomic E-state index is 3.74. The summed E-state index contributed by atoms with van der Waals surface area (Å²) >= 11 is 0. The topological polar surface area (TPSA) is 39.3 Å². The molecule has 0 aliphatic carbocycles. The van der Waals surface area contributed by atoms with Crippen molar-refractivity contribution in [2.24, 2.45) is 5.92 Å². The van der Waals surface area contributed by atoms with Gasteiger partial charge in [-0.15, -0.1) is 0 Å². The minimum atomic E-state index is 0.718. The molecular formula is C27H44N4. The van der Waals surface area contributed by atoms with Gasteiger partial charge in [-0.2, -0.15) is 0 Å². The van der Waals surface area contributed by atoms with Gasteiger partial charge in [0.05, 0.1) is 0 Å². The summed E-state index contributed by atoms with van der Waals surface area (Å²) in [5.41, 5.74) is 1.40. The highest BCUT2D eigenvalue weighted by atomic mass is 15.1. The van der Waals surface area contributed by atoms with Crippen molar-refractivity contribution in [3.05, 3.63) is 72.4 Å². The fourth-order valence-electron chi connectivity index (χ4n) is 3.91. The van der Waals surface area contributed by atoms with Gasteiger partial charge < -0.3 is 16.0 Å². The summed E-state index contributed by atoms with van der Waals surface area (Å²) in [4.78, 5) is 2.59. The molecule has 1 aliphatic rings. The Kier molecular flexibility index (Phi) is 14.8. The number of nitrogens with one attached hydrogen (secondary N) is 3. The van der Waals surface area contributed by atoms with Crippen LogP contribution in [0.4, 0.5) is 0 Å². The van der Waals surface area contributed by atoms with Crippen LogP contribution in [0, 0.1) is 5.92 Å². The van der Waals surface area contributed by atoms with Crippen molar-refractivity contribution in [3.8, 4) is 0 Å². The summed E-state index contributed by atoms with van der Waals surface area (Å²) < 4.78 is 0. The van der Waals surface area contributed by atoms with Gasteiger partial charge in [0.2, 0.25) is 0 Å². The highest BCUT2D eigenvalue weighted by Gasteiger charge is 2.08. The largest absolute Gasteiger partial charge is 0.315 e. The molecule has 1 aliphatic heterocycles. The van der Waals surface area contributed by atoms with Crippen molar-refractivity contribution in [2.45, 2.75) is 39.2 Å². The van der Waals surface area contributed by atoms with Crippen LogP contribution < -0.4 is 16.0 Å². The van der Waals surface area contributed by atoms with E-state index in [1.54, 1.807) is 0 Å². The first kappa shape index (κ1) is 25.5. The molecule has 1 aromatic carbocycles. The Hall–Kier alpha value is -1.72. The van der Waals surface area contributed by atoms with Gasteiger partial charge in [-0.1, -0.05) is 80.1 Å².